The summed E-state index contributed by atoms with van der Waals surface area (Å²) in [6.45, 7) is 3.65. The molecule has 0 amide bonds. The molecule has 0 unspecified atom stereocenters. The van der Waals surface area contributed by atoms with Gasteiger partial charge < -0.3 is 13.7 Å². The van der Waals surface area contributed by atoms with Gasteiger partial charge in [0.05, 0.1) is 8.95 Å². The van der Waals surface area contributed by atoms with Crippen LogP contribution in [0.3, 0.4) is 0 Å². The smallest absolute Gasteiger partial charge is 0.446 e. The van der Waals surface area contributed by atoms with Crippen LogP contribution in [0.5, 0.6) is 11.5 Å². The third-order valence-corrected chi connectivity index (χ3v) is 5.25. The molecule has 0 saturated carbocycles. The summed E-state index contributed by atoms with van der Waals surface area (Å²) in [7, 11) is -4.85. The molecule has 3 aromatic rings. The van der Waals surface area contributed by atoms with Crippen LogP contribution in [0.1, 0.15) is 5.56 Å². The van der Waals surface area contributed by atoms with E-state index in [4.69, 9.17) is 8.97 Å². The first-order valence-corrected chi connectivity index (χ1v) is 9.67. The van der Waals surface area contributed by atoms with Crippen molar-refractivity contribution in [2.24, 2.45) is 0 Å². The number of phenols is 1. The zero-order valence-corrected chi connectivity index (χ0v) is 16.5. The molecule has 0 fully saturated rings. The fraction of sp³-hybridized carbons (Fsp3) is 0. The molecule has 2 aromatic carbocycles. The normalized spacial score (nSPS) is 11.7. The molecule has 0 bridgehead atoms. The van der Waals surface area contributed by atoms with Gasteiger partial charge in [0.25, 0.3) is 0 Å². The van der Waals surface area contributed by atoms with E-state index in [1.807, 2.05) is 0 Å². The maximum atomic E-state index is 14.0. The maximum absolute atomic E-state index is 14.0. The van der Waals surface area contributed by atoms with Gasteiger partial charge in [-0.25, -0.2) is 9.37 Å². The minimum absolute atomic E-state index is 0.0126. The molecule has 0 atom stereocenters. The van der Waals surface area contributed by atoms with Crippen molar-refractivity contribution < 1.29 is 31.1 Å². The predicted octanol–water partition coefficient (Wildman–Crippen LogP) is 4.69. The second kappa shape index (κ2) is 6.65. The van der Waals surface area contributed by atoms with Crippen LogP contribution in [0.15, 0.2) is 38.1 Å². The Bertz CT molecular complexity index is 1160. The Hall–Kier alpha value is -1.95. The highest BCUT2D eigenvalue weighted by Gasteiger charge is 2.21. The van der Waals surface area contributed by atoms with Crippen molar-refractivity contribution in [2.45, 2.75) is 0 Å². The first-order valence-electron chi connectivity index (χ1n) is 6.72. The molecule has 0 aliphatic heterocycles. The zero-order chi connectivity index (χ0) is 19.2. The minimum Gasteiger partial charge on any atom is -0.505 e. The van der Waals surface area contributed by atoms with Crippen molar-refractivity contribution in [3.63, 3.8) is 0 Å². The molecule has 3 rings (SSSR count). The number of hydrogen-bond acceptors (Lipinski definition) is 6. The highest BCUT2D eigenvalue weighted by molar-refractivity contribution is 9.11. The fourth-order valence-corrected chi connectivity index (χ4v) is 3.84. The number of phenolic OH excluding ortho intramolecular Hbond substituents is 1. The SMILES string of the molecule is C=Cc1c(Br)c(O)c(Br)c2nc(-c3ccc(OS(=O)(=O)O)c(F)c3)oc12. The first kappa shape index (κ1) is 18.8. The van der Waals surface area contributed by atoms with Gasteiger partial charge in [0, 0.05) is 11.1 Å². The Morgan fingerprint density at radius 3 is 2.58 bits per heavy atom. The van der Waals surface area contributed by atoms with Crippen molar-refractivity contribution >= 4 is 59.4 Å². The number of hydrogen-bond donors (Lipinski definition) is 2. The number of oxazole rings is 1. The Morgan fingerprint density at radius 2 is 2.00 bits per heavy atom. The van der Waals surface area contributed by atoms with Crippen LogP contribution in [-0.4, -0.2) is 23.1 Å². The monoisotopic (exact) mass is 507 g/mol. The zero-order valence-electron chi connectivity index (χ0n) is 12.5. The number of rotatable bonds is 4. The molecule has 0 radical (unpaired) electrons. The molecule has 7 nitrogen and oxygen atoms in total. The lowest BCUT2D eigenvalue weighted by Crippen LogP contribution is -2.07. The van der Waals surface area contributed by atoms with E-state index >= 15 is 0 Å². The Kier molecular flexibility index (Phi) is 4.82. The molecular weight excluding hydrogens is 501 g/mol. The molecule has 1 aromatic heterocycles. The van der Waals surface area contributed by atoms with Gasteiger partial charge in [-0.2, -0.15) is 8.42 Å². The third kappa shape index (κ3) is 3.34. The third-order valence-electron chi connectivity index (χ3n) is 3.31. The molecule has 136 valence electrons. The van der Waals surface area contributed by atoms with Crippen LogP contribution < -0.4 is 4.18 Å². The van der Waals surface area contributed by atoms with Gasteiger partial charge in [0.15, 0.2) is 17.1 Å². The standard InChI is InChI=1S/C15H8Br2FNO6S/c1-2-7-10(16)13(20)11(17)12-14(7)24-15(19-12)6-3-4-9(8(18)5-6)25-26(21,22)23/h2-5,20H,1H2,(H,21,22,23). The summed E-state index contributed by atoms with van der Waals surface area (Å²) in [6.07, 6.45) is 1.46. The van der Waals surface area contributed by atoms with Crippen LogP contribution in [-0.2, 0) is 10.4 Å². The van der Waals surface area contributed by atoms with E-state index in [1.165, 1.54) is 12.1 Å². The van der Waals surface area contributed by atoms with E-state index in [0.717, 1.165) is 12.1 Å². The summed E-state index contributed by atoms with van der Waals surface area (Å²) in [5, 5.41) is 10.1. The largest absolute Gasteiger partial charge is 0.505 e. The summed E-state index contributed by atoms with van der Waals surface area (Å²) in [4.78, 5) is 4.22. The Balaban J connectivity index is 2.16. The van der Waals surface area contributed by atoms with Gasteiger partial charge in [-0.05, 0) is 50.1 Å². The van der Waals surface area contributed by atoms with Crippen LogP contribution in [0.4, 0.5) is 4.39 Å². The lowest BCUT2D eigenvalue weighted by Gasteiger charge is -2.04. The molecule has 11 heteroatoms. The van der Waals surface area contributed by atoms with Gasteiger partial charge >= 0.3 is 10.4 Å². The molecule has 26 heavy (non-hydrogen) atoms. The van der Waals surface area contributed by atoms with Gasteiger partial charge in [0.2, 0.25) is 5.89 Å². The molecule has 2 N–H and O–H groups in total. The average Bonchev–Trinajstić information content (AvgIpc) is 2.99. The topological polar surface area (TPSA) is 110 Å². The minimum atomic E-state index is -4.85. The molecular formula is C15H8Br2FNO6S. The second-order valence-electron chi connectivity index (χ2n) is 4.95. The number of aromatic nitrogens is 1. The van der Waals surface area contributed by atoms with E-state index in [0.29, 0.717) is 15.6 Å². The summed E-state index contributed by atoms with van der Waals surface area (Å²) < 4.78 is 54.4. The molecule has 1 heterocycles. The number of nitrogens with zero attached hydrogens (tertiary/aromatic N) is 1. The van der Waals surface area contributed by atoms with Crippen molar-refractivity contribution in [3.8, 4) is 23.0 Å². The average molecular weight is 509 g/mol. The fourth-order valence-electron chi connectivity index (χ4n) is 2.21. The Labute approximate surface area is 163 Å². The van der Waals surface area contributed by atoms with Crippen LogP contribution in [0.2, 0.25) is 0 Å². The van der Waals surface area contributed by atoms with Crippen molar-refractivity contribution in [1.29, 1.82) is 0 Å². The van der Waals surface area contributed by atoms with E-state index in [1.54, 1.807) is 0 Å². The number of benzene rings is 2. The quantitative estimate of drug-likeness (QED) is 0.492. The summed E-state index contributed by atoms with van der Waals surface area (Å²) in [5.41, 5.74) is 1.21. The molecule has 0 aliphatic carbocycles. The Morgan fingerprint density at radius 1 is 1.31 bits per heavy atom. The number of aromatic hydroxyl groups is 1. The highest BCUT2D eigenvalue weighted by Crippen LogP contribution is 2.43. The van der Waals surface area contributed by atoms with Crippen LogP contribution in [0, 0.1) is 5.82 Å². The summed E-state index contributed by atoms with van der Waals surface area (Å²) >= 11 is 6.45. The first-order chi connectivity index (χ1) is 12.1. The maximum Gasteiger partial charge on any atom is 0.446 e. The summed E-state index contributed by atoms with van der Waals surface area (Å²) in [6, 6.07) is 3.23. The van der Waals surface area contributed by atoms with E-state index in [2.05, 4.69) is 47.6 Å². The molecule has 0 aliphatic rings. The van der Waals surface area contributed by atoms with Crippen LogP contribution >= 0.6 is 31.9 Å². The van der Waals surface area contributed by atoms with Crippen molar-refractivity contribution in [2.75, 3.05) is 0 Å². The molecule has 0 spiro atoms. The van der Waals surface area contributed by atoms with E-state index in [9.17, 15) is 17.9 Å². The van der Waals surface area contributed by atoms with Gasteiger partial charge in [-0.3, -0.25) is 4.55 Å². The van der Waals surface area contributed by atoms with E-state index < -0.39 is 22.0 Å². The lowest BCUT2D eigenvalue weighted by molar-refractivity contribution is 0.376. The number of fused-ring (bicyclic) bond motifs is 1. The van der Waals surface area contributed by atoms with Gasteiger partial charge in [0.1, 0.15) is 11.3 Å². The summed E-state index contributed by atoms with van der Waals surface area (Å²) in [5.74, 6) is -1.82. The van der Waals surface area contributed by atoms with Gasteiger partial charge in [-0.15, -0.1) is 0 Å². The number of halogens is 3. The lowest BCUT2D eigenvalue weighted by atomic mass is 10.2. The van der Waals surface area contributed by atoms with Crippen molar-refractivity contribution in [1.82, 2.24) is 4.98 Å². The van der Waals surface area contributed by atoms with Crippen molar-refractivity contribution in [3.05, 3.63) is 45.1 Å². The molecule has 0 saturated heterocycles. The van der Waals surface area contributed by atoms with Crippen LogP contribution in [0.25, 0.3) is 28.6 Å². The second-order valence-corrected chi connectivity index (χ2v) is 7.56. The predicted molar refractivity (Wildman–Crippen MR) is 98.7 cm³/mol. The highest BCUT2D eigenvalue weighted by atomic mass is 79.9. The van der Waals surface area contributed by atoms with E-state index in [-0.39, 0.29) is 27.2 Å². The van der Waals surface area contributed by atoms with Gasteiger partial charge in [-0.1, -0.05) is 12.7 Å².